The summed E-state index contributed by atoms with van der Waals surface area (Å²) in [6, 6.07) is 55.3. The fraction of sp³-hybridized carbons (Fsp3) is 0.298. The minimum atomic E-state index is -0.0917. The number of rotatable bonds is 17. The molecule has 0 saturated heterocycles. The van der Waals surface area contributed by atoms with Crippen molar-refractivity contribution >= 4 is 39.8 Å². The maximum atomic E-state index is 2.60. The second kappa shape index (κ2) is 17.8. The highest BCUT2D eigenvalue weighted by Crippen LogP contribution is 2.57. The molecule has 9 rings (SSSR count). The quantitative estimate of drug-likeness (QED) is 0.0853. The highest BCUT2D eigenvalue weighted by molar-refractivity contribution is 5.89. The van der Waals surface area contributed by atoms with Crippen molar-refractivity contribution in [2.75, 3.05) is 21.2 Å². The summed E-state index contributed by atoms with van der Waals surface area (Å²) in [6.45, 7) is 7.94. The van der Waals surface area contributed by atoms with E-state index in [9.17, 15) is 0 Å². The van der Waals surface area contributed by atoms with Crippen LogP contribution in [0.2, 0.25) is 0 Å². The van der Waals surface area contributed by atoms with Crippen LogP contribution in [0.25, 0.3) is 11.1 Å². The number of unbranched alkanes of at least 4 members (excludes halogenated alkanes) is 6. The van der Waals surface area contributed by atoms with Gasteiger partial charge in [0, 0.05) is 57.7 Å². The van der Waals surface area contributed by atoms with Crippen molar-refractivity contribution in [3.8, 4) is 11.1 Å². The predicted octanol–water partition coefficient (Wildman–Crippen LogP) is 16.3. The second-order valence-electron chi connectivity index (χ2n) is 17.2. The Morgan fingerprint density at radius 3 is 1.43 bits per heavy atom. The van der Waals surface area contributed by atoms with E-state index in [1.165, 1.54) is 119 Å². The summed E-state index contributed by atoms with van der Waals surface area (Å²) in [5, 5.41) is 0. The molecule has 2 unspecified atom stereocenters. The SMILES string of the molecule is CCCCCCC1(CCCCCC)c2cc(N(c3ccccc3)c3ccccc3)ccc2-c2ccc(N(c3ccccc3)c3ccc4c(c3)C3C=CC=CC3N4CC)cc21. The first-order chi connectivity index (χ1) is 29.6. The lowest BCUT2D eigenvalue weighted by Crippen LogP contribution is -2.32. The molecule has 2 atom stereocenters. The van der Waals surface area contributed by atoms with Crippen LogP contribution in [0.4, 0.5) is 39.8 Å². The largest absolute Gasteiger partial charge is 0.364 e. The molecule has 3 aliphatic rings. The van der Waals surface area contributed by atoms with E-state index in [4.69, 9.17) is 0 Å². The van der Waals surface area contributed by atoms with Crippen molar-refractivity contribution in [2.45, 2.75) is 102 Å². The molecule has 3 nitrogen and oxygen atoms in total. The normalized spacial score (nSPS) is 16.6. The number of nitrogens with zero attached hydrogens (tertiary/aromatic N) is 3. The Balaban J connectivity index is 1.21. The number of benzene rings is 6. The molecule has 0 saturated carbocycles. The third-order valence-electron chi connectivity index (χ3n) is 13.5. The Hall–Kier alpha value is -5.80. The Morgan fingerprint density at radius 1 is 0.467 bits per heavy atom. The van der Waals surface area contributed by atoms with E-state index in [1.807, 2.05) is 0 Å². The van der Waals surface area contributed by atoms with Gasteiger partial charge in [-0.25, -0.2) is 0 Å². The van der Waals surface area contributed by atoms with Crippen LogP contribution in [0.1, 0.15) is 108 Å². The molecule has 6 aromatic carbocycles. The third kappa shape index (κ3) is 7.38. The molecule has 0 spiro atoms. The van der Waals surface area contributed by atoms with Gasteiger partial charge in [0.2, 0.25) is 0 Å². The first-order valence-corrected chi connectivity index (χ1v) is 23.0. The number of likely N-dealkylation sites (N-methyl/N-ethyl adjacent to an activating group) is 1. The molecular formula is C57H61N3. The van der Waals surface area contributed by atoms with Crippen molar-refractivity contribution in [1.29, 1.82) is 0 Å². The summed E-state index contributed by atoms with van der Waals surface area (Å²) in [4.78, 5) is 7.53. The lowest BCUT2D eigenvalue weighted by Gasteiger charge is -2.35. The summed E-state index contributed by atoms with van der Waals surface area (Å²) in [6.07, 6.45) is 21.6. The second-order valence-corrected chi connectivity index (χ2v) is 17.2. The zero-order valence-corrected chi connectivity index (χ0v) is 35.9. The van der Waals surface area contributed by atoms with Crippen LogP contribution in [0.15, 0.2) is 170 Å². The number of fused-ring (bicyclic) bond motifs is 6. The van der Waals surface area contributed by atoms with E-state index in [2.05, 4.69) is 205 Å². The topological polar surface area (TPSA) is 9.72 Å². The molecule has 0 amide bonds. The first-order valence-electron chi connectivity index (χ1n) is 23.0. The van der Waals surface area contributed by atoms with Crippen LogP contribution in [-0.4, -0.2) is 12.6 Å². The highest BCUT2D eigenvalue weighted by atomic mass is 15.2. The number of hydrogen-bond donors (Lipinski definition) is 0. The number of allylic oxidation sites excluding steroid dienone is 2. The van der Waals surface area contributed by atoms with Gasteiger partial charge in [0.1, 0.15) is 0 Å². The standard InChI is InChI=1S/C57H61N3/c1-4-7-9-22-38-57(39-23-10-8-5-2)53-41-47(59(43-24-14-11-15-25-43)44-26-16-12-17-27-44)32-35-49(53)50-36-33-48(42-54(50)57)60(45-28-18-13-19-29-45)46-34-37-56-52(40-46)51-30-20-21-31-55(51)58(56)6-3/h11-21,24-37,40-42,51,55H,4-10,22-23,38-39H2,1-3H3. The molecule has 0 N–H and O–H groups in total. The summed E-state index contributed by atoms with van der Waals surface area (Å²) in [5.74, 6) is 0.358. The molecule has 304 valence electrons. The van der Waals surface area contributed by atoms with Gasteiger partial charge in [0.15, 0.2) is 0 Å². The summed E-state index contributed by atoms with van der Waals surface area (Å²) >= 11 is 0. The number of para-hydroxylation sites is 3. The lowest BCUT2D eigenvalue weighted by atomic mass is 9.70. The predicted molar refractivity (Wildman–Crippen MR) is 257 cm³/mol. The first kappa shape index (κ1) is 39.6. The zero-order chi connectivity index (χ0) is 40.9. The van der Waals surface area contributed by atoms with Crippen molar-refractivity contribution in [2.24, 2.45) is 0 Å². The van der Waals surface area contributed by atoms with Gasteiger partial charge in [-0.05, 0) is 126 Å². The summed E-state index contributed by atoms with van der Waals surface area (Å²) < 4.78 is 0. The van der Waals surface area contributed by atoms with E-state index in [-0.39, 0.29) is 5.41 Å². The van der Waals surface area contributed by atoms with E-state index in [1.54, 1.807) is 0 Å². The molecule has 0 fully saturated rings. The van der Waals surface area contributed by atoms with Gasteiger partial charge in [-0.3, -0.25) is 0 Å². The Kier molecular flexibility index (Phi) is 11.8. The average molecular weight is 788 g/mol. The zero-order valence-electron chi connectivity index (χ0n) is 35.9. The van der Waals surface area contributed by atoms with Gasteiger partial charge in [-0.1, -0.05) is 156 Å². The summed E-state index contributed by atoms with van der Waals surface area (Å²) in [5.41, 5.74) is 15.7. The minimum absolute atomic E-state index is 0.0917. The third-order valence-corrected chi connectivity index (χ3v) is 13.5. The van der Waals surface area contributed by atoms with Crippen LogP contribution in [0, 0.1) is 0 Å². The molecule has 1 heterocycles. The van der Waals surface area contributed by atoms with E-state index < -0.39 is 0 Å². The van der Waals surface area contributed by atoms with Gasteiger partial charge in [-0.15, -0.1) is 0 Å². The van der Waals surface area contributed by atoms with Gasteiger partial charge in [-0.2, -0.15) is 0 Å². The molecule has 2 aliphatic carbocycles. The highest BCUT2D eigenvalue weighted by Gasteiger charge is 2.43. The monoisotopic (exact) mass is 787 g/mol. The van der Waals surface area contributed by atoms with Crippen LogP contribution in [-0.2, 0) is 5.41 Å². The van der Waals surface area contributed by atoms with Crippen molar-refractivity contribution in [3.05, 3.63) is 187 Å². The van der Waals surface area contributed by atoms with Crippen molar-refractivity contribution in [3.63, 3.8) is 0 Å². The van der Waals surface area contributed by atoms with Crippen LogP contribution >= 0.6 is 0 Å². The summed E-state index contributed by atoms with van der Waals surface area (Å²) in [7, 11) is 0. The Bertz CT molecular complexity index is 2380. The maximum Gasteiger partial charge on any atom is 0.0580 e. The fourth-order valence-electron chi connectivity index (χ4n) is 10.7. The van der Waals surface area contributed by atoms with Crippen LogP contribution in [0.5, 0.6) is 0 Å². The van der Waals surface area contributed by atoms with Gasteiger partial charge >= 0.3 is 0 Å². The minimum Gasteiger partial charge on any atom is -0.364 e. The van der Waals surface area contributed by atoms with E-state index >= 15 is 0 Å². The molecule has 60 heavy (non-hydrogen) atoms. The molecule has 1 aliphatic heterocycles. The molecular weight excluding hydrogens is 727 g/mol. The molecule has 6 aromatic rings. The van der Waals surface area contributed by atoms with Gasteiger partial charge in [0.05, 0.1) is 6.04 Å². The van der Waals surface area contributed by atoms with Crippen LogP contribution < -0.4 is 14.7 Å². The Morgan fingerprint density at radius 2 is 0.933 bits per heavy atom. The molecule has 0 bridgehead atoms. The van der Waals surface area contributed by atoms with Crippen LogP contribution in [0.3, 0.4) is 0 Å². The smallest absolute Gasteiger partial charge is 0.0580 e. The van der Waals surface area contributed by atoms with E-state index in [0.717, 1.165) is 19.4 Å². The van der Waals surface area contributed by atoms with Gasteiger partial charge < -0.3 is 14.7 Å². The number of hydrogen-bond acceptors (Lipinski definition) is 3. The average Bonchev–Trinajstić information content (AvgIpc) is 3.76. The molecule has 0 aromatic heterocycles. The lowest BCUT2D eigenvalue weighted by molar-refractivity contribution is 0.401. The van der Waals surface area contributed by atoms with Crippen molar-refractivity contribution in [1.82, 2.24) is 0 Å². The van der Waals surface area contributed by atoms with E-state index in [0.29, 0.717) is 12.0 Å². The maximum absolute atomic E-state index is 2.60. The van der Waals surface area contributed by atoms with Gasteiger partial charge in [0.25, 0.3) is 0 Å². The Labute approximate surface area is 359 Å². The fourth-order valence-corrected chi connectivity index (χ4v) is 10.7. The number of anilines is 7. The molecule has 3 heteroatoms. The molecule has 0 radical (unpaired) electrons. The van der Waals surface area contributed by atoms with Crippen molar-refractivity contribution < 1.29 is 0 Å².